The third kappa shape index (κ3) is 2.30. The van der Waals surface area contributed by atoms with Gasteiger partial charge >= 0.3 is 5.97 Å². The summed E-state index contributed by atoms with van der Waals surface area (Å²) in [5.41, 5.74) is 1.98. The van der Waals surface area contributed by atoms with Gasteiger partial charge in [-0.2, -0.15) is 0 Å². The minimum absolute atomic E-state index is 0.0838. The molecule has 0 radical (unpaired) electrons. The SMILES string of the molecule is CC(=O)O[C@H]1CC[C@]2(C)C(=CC[C@H]3[C@H]2CC[C@]2(C)[C@@H](O)CC[C@@H]32)C1. The van der Waals surface area contributed by atoms with Crippen molar-refractivity contribution < 1.29 is 14.6 Å². The molecule has 3 saturated carbocycles. The molecule has 3 heteroatoms. The van der Waals surface area contributed by atoms with E-state index in [0.29, 0.717) is 5.92 Å². The topological polar surface area (TPSA) is 46.5 Å². The van der Waals surface area contributed by atoms with Crippen LogP contribution in [0.3, 0.4) is 0 Å². The molecule has 7 atom stereocenters. The molecule has 0 spiro atoms. The van der Waals surface area contributed by atoms with Crippen LogP contribution in [0.4, 0.5) is 0 Å². The van der Waals surface area contributed by atoms with Crippen LogP contribution in [0.2, 0.25) is 0 Å². The lowest BCUT2D eigenvalue weighted by molar-refractivity contribution is -0.148. The molecule has 4 rings (SSSR count). The van der Waals surface area contributed by atoms with E-state index in [-0.39, 0.29) is 29.0 Å². The van der Waals surface area contributed by atoms with Gasteiger partial charge in [-0.15, -0.1) is 0 Å². The first-order chi connectivity index (χ1) is 11.3. The number of carbonyl (C=O) groups is 1. The number of hydrogen-bond acceptors (Lipinski definition) is 3. The number of fused-ring (bicyclic) bond motifs is 5. The van der Waals surface area contributed by atoms with E-state index in [9.17, 15) is 9.90 Å². The van der Waals surface area contributed by atoms with Crippen molar-refractivity contribution in [2.75, 3.05) is 0 Å². The van der Waals surface area contributed by atoms with Crippen molar-refractivity contribution in [2.24, 2.45) is 28.6 Å². The van der Waals surface area contributed by atoms with Crippen molar-refractivity contribution in [2.45, 2.75) is 84.3 Å². The van der Waals surface area contributed by atoms with Crippen LogP contribution >= 0.6 is 0 Å². The van der Waals surface area contributed by atoms with Crippen molar-refractivity contribution in [1.82, 2.24) is 0 Å². The van der Waals surface area contributed by atoms with Crippen molar-refractivity contribution in [3.63, 3.8) is 0 Å². The van der Waals surface area contributed by atoms with Crippen molar-refractivity contribution in [1.29, 1.82) is 0 Å². The Balaban J connectivity index is 1.59. The van der Waals surface area contributed by atoms with E-state index in [1.807, 2.05) is 0 Å². The van der Waals surface area contributed by atoms with Gasteiger partial charge in [0.1, 0.15) is 6.10 Å². The van der Waals surface area contributed by atoms with Crippen LogP contribution in [0.5, 0.6) is 0 Å². The number of aliphatic hydroxyl groups excluding tert-OH is 1. The van der Waals surface area contributed by atoms with Gasteiger partial charge in [0.15, 0.2) is 0 Å². The molecule has 0 aromatic heterocycles. The Morgan fingerprint density at radius 2 is 1.96 bits per heavy atom. The van der Waals surface area contributed by atoms with E-state index in [1.54, 1.807) is 5.57 Å². The fourth-order valence-electron chi connectivity index (χ4n) is 6.94. The molecule has 0 unspecified atom stereocenters. The number of esters is 1. The molecule has 0 saturated heterocycles. The molecule has 24 heavy (non-hydrogen) atoms. The van der Waals surface area contributed by atoms with Gasteiger partial charge in [0.05, 0.1) is 6.10 Å². The Bertz CT molecular complexity index is 567. The highest BCUT2D eigenvalue weighted by Crippen LogP contribution is 2.64. The number of rotatable bonds is 1. The molecule has 0 aromatic carbocycles. The molecule has 0 amide bonds. The summed E-state index contributed by atoms with van der Waals surface area (Å²) < 4.78 is 5.51. The van der Waals surface area contributed by atoms with E-state index >= 15 is 0 Å². The monoisotopic (exact) mass is 332 g/mol. The molecule has 3 nitrogen and oxygen atoms in total. The fourth-order valence-corrected chi connectivity index (χ4v) is 6.94. The third-order valence-electron chi connectivity index (χ3n) is 8.34. The Morgan fingerprint density at radius 1 is 1.17 bits per heavy atom. The van der Waals surface area contributed by atoms with E-state index < -0.39 is 0 Å². The lowest BCUT2D eigenvalue weighted by Crippen LogP contribution is -2.51. The third-order valence-corrected chi connectivity index (χ3v) is 8.34. The second-order valence-electron chi connectivity index (χ2n) is 9.37. The molecule has 4 aliphatic carbocycles. The van der Waals surface area contributed by atoms with Crippen LogP contribution in [0.1, 0.15) is 72.1 Å². The van der Waals surface area contributed by atoms with Crippen molar-refractivity contribution in [3.05, 3.63) is 11.6 Å². The number of aliphatic hydroxyl groups is 1. The van der Waals surface area contributed by atoms with Gasteiger partial charge in [-0.1, -0.05) is 25.5 Å². The van der Waals surface area contributed by atoms with Gasteiger partial charge in [-0.3, -0.25) is 4.79 Å². The summed E-state index contributed by atoms with van der Waals surface area (Å²) in [4.78, 5) is 11.3. The lowest BCUT2D eigenvalue weighted by atomic mass is 9.48. The van der Waals surface area contributed by atoms with Crippen LogP contribution in [-0.2, 0) is 9.53 Å². The normalized spacial score (nSPS) is 50.3. The predicted octanol–water partition coefficient (Wildman–Crippen LogP) is 4.24. The number of ether oxygens (including phenoxy) is 1. The van der Waals surface area contributed by atoms with Crippen molar-refractivity contribution in [3.8, 4) is 0 Å². The van der Waals surface area contributed by atoms with Gasteiger partial charge in [0, 0.05) is 13.3 Å². The van der Waals surface area contributed by atoms with Crippen molar-refractivity contribution >= 4 is 5.97 Å². The molecule has 0 heterocycles. The number of carbonyl (C=O) groups excluding carboxylic acids is 1. The van der Waals surface area contributed by atoms with Crippen LogP contribution in [0.15, 0.2) is 11.6 Å². The van der Waals surface area contributed by atoms with E-state index in [0.717, 1.165) is 43.9 Å². The highest BCUT2D eigenvalue weighted by atomic mass is 16.5. The average Bonchev–Trinajstić information content (AvgIpc) is 2.83. The van der Waals surface area contributed by atoms with Crippen LogP contribution in [-0.4, -0.2) is 23.3 Å². The van der Waals surface area contributed by atoms with Gasteiger partial charge in [-0.05, 0) is 73.5 Å². The summed E-state index contributed by atoms with van der Waals surface area (Å²) in [7, 11) is 0. The summed E-state index contributed by atoms with van der Waals surface area (Å²) in [6.07, 6.45) is 11.3. The van der Waals surface area contributed by atoms with Crippen LogP contribution in [0.25, 0.3) is 0 Å². The summed E-state index contributed by atoms with van der Waals surface area (Å²) in [6.45, 7) is 6.32. The minimum Gasteiger partial charge on any atom is -0.462 e. The maximum Gasteiger partial charge on any atom is 0.302 e. The lowest BCUT2D eigenvalue weighted by Gasteiger charge is -2.57. The molecular formula is C21H32O3. The molecule has 1 N–H and O–H groups in total. The summed E-state index contributed by atoms with van der Waals surface area (Å²) >= 11 is 0. The zero-order valence-electron chi connectivity index (χ0n) is 15.4. The summed E-state index contributed by atoms with van der Waals surface area (Å²) in [5.74, 6) is 2.03. The Hall–Kier alpha value is -0.830. The molecule has 3 fully saturated rings. The maximum atomic E-state index is 11.3. The minimum atomic E-state index is -0.147. The first-order valence-corrected chi connectivity index (χ1v) is 9.89. The fraction of sp³-hybridized carbons (Fsp3) is 0.857. The maximum absolute atomic E-state index is 11.3. The Kier molecular flexibility index (Phi) is 3.87. The standard InChI is InChI=1S/C21H32O3/c1-13(22)24-15-8-10-20(2)14(12-15)4-5-16-17-6-7-19(23)21(17,3)11-9-18(16)20/h4,15-19,23H,5-12H2,1-3H3/t15-,16+,17-,18+,19-,20+,21-/m0/s1. The van der Waals surface area contributed by atoms with E-state index in [1.165, 1.54) is 26.2 Å². The van der Waals surface area contributed by atoms with Crippen LogP contribution in [0, 0.1) is 28.6 Å². The second kappa shape index (κ2) is 5.59. The molecule has 0 aliphatic heterocycles. The Morgan fingerprint density at radius 3 is 2.71 bits per heavy atom. The zero-order valence-corrected chi connectivity index (χ0v) is 15.4. The molecule has 0 bridgehead atoms. The summed E-state index contributed by atoms with van der Waals surface area (Å²) in [5, 5.41) is 10.5. The smallest absolute Gasteiger partial charge is 0.302 e. The van der Waals surface area contributed by atoms with Gasteiger partial charge in [-0.25, -0.2) is 0 Å². The quantitative estimate of drug-likeness (QED) is 0.577. The van der Waals surface area contributed by atoms with E-state index in [4.69, 9.17) is 4.74 Å². The first-order valence-electron chi connectivity index (χ1n) is 9.89. The highest BCUT2D eigenvalue weighted by molar-refractivity contribution is 5.66. The molecule has 134 valence electrons. The van der Waals surface area contributed by atoms with Gasteiger partial charge in [0.2, 0.25) is 0 Å². The first kappa shape index (κ1) is 16.6. The number of hydrogen-bond donors (Lipinski definition) is 1. The van der Waals surface area contributed by atoms with Gasteiger partial charge in [0.25, 0.3) is 0 Å². The van der Waals surface area contributed by atoms with Gasteiger partial charge < -0.3 is 9.84 Å². The molecule has 0 aromatic rings. The van der Waals surface area contributed by atoms with Crippen LogP contribution < -0.4 is 0 Å². The molecule has 4 aliphatic rings. The summed E-state index contributed by atoms with van der Waals surface area (Å²) in [6, 6.07) is 0. The largest absolute Gasteiger partial charge is 0.462 e. The number of allylic oxidation sites excluding steroid dienone is 1. The Labute approximate surface area is 145 Å². The molecular weight excluding hydrogens is 300 g/mol. The highest BCUT2D eigenvalue weighted by Gasteiger charge is 2.58. The zero-order chi connectivity index (χ0) is 17.1. The van der Waals surface area contributed by atoms with E-state index in [2.05, 4.69) is 19.9 Å². The average molecular weight is 332 g/mol. The predicted molar refractivity (Wildman–Crippen MR) is 93.3 cm³/mol. The second-order valence-corrected chi connectivity index (χ2v) is 9.37.